The normalized spacial score (nSPS) is 14.0. The van der Waals surface area contributed by atoms with Crippen molar-refractivity contribution in [2.24, 2.45) is 5.73 Å². The molecule has 3 N–H and O–H groups in total. The summed E-state index contributed by atoms with van der Waals surface area (Å²) in [4.78, 5) is 0. The number of benzene rings is 2. The highest BCUT2D eigenvalue weighted by atomic mass is 35.5. The minimum absolute atomic E-state index is 0.0174. The molecule has 21 heavy (non-hydrogen) atoms. The summed E-state index contributed by atoms with van der Waals surface area (Å²) in [5.41, 5.74) is 5.89. The van der Waals surface area contributed by atoms with Gasteiger partial charge in [0.2, 0.25) is 0 Å². The molecule has 0 saturated carbocycles. The monoisotopic (exact) mass is 315 g/mol. The van der Waals surface area contributed by atoms with Crippen molar-refractivity contribution in [3.8, 4) is 0 Å². The summed E-state index contributed by atoms with van der Waals surface area (Å²) in [5.74, 6) is -2.79. The van der Waals surface area contributed by atoms with Crippen molar-refractivity contribution in [2.45, 2.75) is 12.0 Å². The Kier molecular flexibility index (Phi) is 4.88. The maximum atomic E-state index is 13.8. The molecule has 0 amide bonds. The Hall–Kier alpha value is -1.56. The van der Waals surface area contributed by atoms with E-state index < -0.39 is 29.5 Å². The number of aliphatic hydroxyl groups is 1. The van der Waals surface area contributed by atoms with Gasteiger partial charge in [-0.3, -0.25) is 0 Å². The van der Waals surface area contributed by atoms with Crippen molar-refractivity contribution in [2.75, 3.05) is 6.54 Å². The van der Waals surface area contributed by atoms with Crippen molar-refractivity contribution in [3.05, 3.63) is 70.0 Å². The maximum Gasteiger partial charge on any atom is 0.142 e. The average Bonchev–Trinajstić information content (AvgIpc) is 2.45. The number of halogens is 4. The Bertz CT molecular complexity index is 634. The van der Waals surface area contributed by atoms with E-state index in [1.165, 1.54) is 24.3 Å². The lowest BCUT2D eigenvalue weighted by molar-refractivity contribution is 0.142. The molecule has 2 aromatic rings. The number of rotatable bonds is 4. The number of hydrogen-bond donors (Lipinski definition) is 2. The van der Waals surface area contributed by atoms with E-state index >= 15 is 0 Å². The second-order valence-corrected chi connectivity index (χ2v) is 5.03. The van der Waals surface area contributed by atoms with E-state index in [0.717, 1.165) is 12.1 Å². The van der Waals surface area contributed by atoms with Crippen LogP contribution in [0.2, 0.25) is 5.02 Å². The summed E-state index contributed by atoms with van der Waals surface area (Å²) in [6.45, 7) is -0.0174. The molecule has 0 aliphatic carbocycles. The van der Waals surface area contributed by atoms with Gasteiger partial charge in [-0.25, -0.2) is 13.2 Å². The minimum Gasteiger partial charge on any atom is -0.388 e. The van der Waals surface area contributed by atoms with Gasteiger partial charge < -0.3 is 10.8 Å². The third-order valence-corrected chi connectivity index (χ3v) is 3.58. The number of aliphatic hydroxyl groups excluding tert-OH is 1. The van der Waals surface area contributed by atoms with Gasteiger partial charge in [-0.15, -0.1) is 0 Å². The molecule has 0 aliphatic heterocycles. The van der Waals surface area contributed by atoms with Crippen molar-refractivity contribution in [1.29, 1.82) is 0 Å². The topological polar surface area (TPSA) is 46.2 Å². The molecule has 0 saturated heterocycles. The Morgan fingerprint density at radius 1 is 1.05 bits per heavy atom. The van der Waals surface area contributed by atoms with Crippen LogP contribution >= 0.6 is 11.6 Å². The van der Waals surface area contributed by atoms with Crippen molar-refractivity contribution < 1.29 is 18.3 Å². The Morgan fingerprint density at radius 2 is 1.67 bits per heavy atom. The molecule has 2 rings (SSSR count). The first kappa shape index (κ1) is 15.8. The predicted octanol–water partition coefficient (Wildman–Crippen LogP) is 3.53. The standard InChI is InChI=1S/C15H13ClF3NO/c16-12-6-13(18)10(5-14(12)19)15(21)11(7-20)8-1-3-9(17)4-2-8/h1-6,11,15,21H,7,20H2. The summed E-state index contributed by atoms with van der Waals surface area (Å²) in [6.07, 6.45) is -1.37. The van der Waals surface area contributed by atoms with Crippen LogP contribution in [0.1, 0.15) is 23.1 Å². The molecule has 2 atom stereocenters. The van der Waals surface area contributed by atoms with Crippen LogP contribution in [0.15, 0.2) is 36.4 Å². The van der Waals surface area contributed by atoms with Gasteiger partial charge in [0.15, 0.2) is 0 Å². The zero-order valence-electron chi connectivity index (χ0n) is 10.9. The third-order valence-electron chi connectivity index (χ3n) is 3.29. The smallest absolute Gasteiger partial charge is 0.142 e. The van der Waals surface area contributed by atoms with Crippen LogP contribution in [0, 0.1) is 17.5 Å². The Labute approximate surface area is 125 Å². The van der Waals surface area contributed by atoms with Gasteiger partial charge in [-0.1, -0.05) is 23.7 Å². The van der Waals surface area contributed by atoms with Crippen molar-refractivity contribution in [3.63, 3.8) is 0 Å². The first-order valence-electron chi connectivity index (χ1n) is 6.22. The van der Waals surface area contributed by atoms with E-state index in [-0.39, 0.29) is 17.1 Å². The van der Waals surface area contributed by atoms with Gasteiger partial charge in [0, 0.05) is 18.0 Å². The quantitative estimate of drug-likeness (QED) is 0.848. The van der Waals surface area contributed by atoms with E-state index in [0.29, 0.717) is 5.56 Å². The second-order valence-electron chi connectivity index (χ2n) is 4.63. The lowest BCUT2D eigenvalue weighted by Crippen LogP contribution is -2.21. The van der Waals surface area contributed by atoms with E-state index in [1.807, 2.05) is 0 Å². The van der Waals surface area contributed by atoms with Crippen molar-refractivity contribution in [1.82, 2.24) is 0 Å². The molecule has 0 fully saturated rings. The summed E-state index contributed by atoms with van der Waals surface area (Å²) in [6, 6.07) is 6.95. The average molecular weight is 316 g/mol. The highest BCUT2D eigenvalue weighted by Gasteiger charge is 2.25. The molecule has 2 aromatic carbocycles. The highest BCUT2D eigenvalue weighted by molar-refractivity contribution is 6.30. The number of nitrogens with two attached hydrogens (primary N) is 1. The summed E-state index contributed by atoms with van der Waals surface area (Å²) in [7, 11) is 0. The predicted molar refractivity (Wildman–Crippen MR) is 74.5 cm³/mol. The fraction of sp³-hybridized carbons (Fsp3) is 0.200. The Balaban J connectivity index is 2.38. The first-order valence-corrected chi connectivity index (χ1v) is 6.60. The molecule has 0 bridgehead atoms. The van der Waals surface area contributed by atoms with Crippen LogP contribution in [-0.4, -0.2) is 11.7 Å². The van der Waals surface area contributed by atoms with Crippen LogP contribution in [0.4, 0.5) is 13.2 Å². The molecular weight excluding hydrogens is 303 g/mol. The van der Waals surface area contributed by atoms with Gasteiger partial charge in [0.25, 0.3) is 0 Å². The van der Waals surface area contributed by atoms with E-state index in [9.17, 15) is 18.3 Å². The molecule has 6 heteroatoms. The highest BCUT2D eigenvalue weighted by Crippen LogP contribution is 2.33. The maximum absolute atomic E-state index is 13.8. The lowest BCUT2D eigenvalue weighted by Gasteiger charge is -2.23. The summed E-state index contributed by atoms with van der Waals surface area (Å²) in [5, 5.41) is 9.91. The fourth-order valence-electron chi connectivity index (χ4n) is 2.14. The van der Waals surface area contributed by atoms with Gasteiger partial charge >= 0.3 is 0 Å². The largest absolute Gasteiger partial charge is 0.388 e. The van der Waals surface area contributed by atoms with Crippen LogP contribution in [-0.2, 0) is 0 Å². The molecular formula is C15H13ClF3NO. The van der Waals surface area contributed by atoms with Crippen LogP contribution < -0.4 is 5.73 Å². The molecule has 0 spiro atoms. The van der Waals surface area contributed by atoms with E-state index in [4.69, 9.17) is 17.3 Å². The molecule has 0 aromatic heterocycles. The van der Waals surface area contributed by atoms with Gasteiger partial charge in [-0.05, 0) is 29.8 Å². The van der Waals surface area contributed by atoms with Crippen LogP contribution in [0.3, 0.4) is 0 Å². The second kappa shape index (κ2) is 6.47. The lowest BCUT2D eigenvalue weighted by atomic mass is 9.89. The van der Waals surface area contributed by atoms with E-state index in [2.05, 4.69) is 0 Å². The number of hydrogen-bond acceptors (Lipinski definition) is 2. The zero-order chi connectivity index (χ0) is 15.6. The molecule has 0 heterocycles. The molecule has 2 nitrogen and oxygen atoms in total. The van der Waals surface area contributed by atoms with Gasteiger partial charge in [-0.2, -0.15) is 0 Å². The van der Waals surface area contributed by atoms with E-state index in [1.54, 1.807) is 0 Å². The van der Waals surface area contributed by atoms with Crippen LogP contribution in [0.25, 0.3) is 0 Å². The minimum atomic E-state index is -1.37. The van der Waals surface area contributed by atoms with Crippen LogP contribution in [0.5, 0.6) is 0 Å². The molecule has 0 aliphatic rings. The van der Waals surface area contributed by atoms with Crippen molar-refractivity contribution >= 4 is 11.6 Å². The molecule has 2 unspecified atom stereocenters. The summed E-state index contributed by atoms with van der Waals surface area (Å²) >= 11 is 5.48. The van der Waals surface area contributed by atoms with Gasteiger partial charge in [0.1, 0.15) is 17.5 Å². The zero-order valence-corrected chi connectivity index (χ0v) is 11.6. The Morgan fingerprint density at radius 3 is 2.24 bits per heavy atom. The summed E-state index contributed by atoms with van der Waals surface area (Å²) < 4.78 is 40.2. The SMILES string of the molecule is NCC(c1ccc(F)cc1)C(O)c1cc(F)c(Cl)cc1F. The molecule has 112 valence electrons. The third kappa shape index (κ3) is 3.37. The fourth-order valence-corrected chi connectivity index (χ4v) is 2.29. The van der Waals surface area contributed by atoms with Gasteiger partial charge in [0.05, 0.1) is 11.1 Å². The first-order chi connectivity index (χ1) is 9.93. The molecule has 0 radical (unpaired) electrons.